The highest BCUT2D eigenvalue weighted by molar-refractivity contribution is 5.88. The molecule has 0 aliphatic heterocycles. The number of carbonyl (C=O) groups excluding carboxylic acids is 2. The maximum absolute atomic E-state index is 12.0. The molecule has 5 heteroatoms. The molecular formula is C15H23N3O2. The van der Waals surface area contributed by atoms with Gasteiger partial charge >= 0.3 is 0 Å². The summed E-state index contributed by atoms with van der Waals surface area (Å²) in [5.41, 5.74) is 7.13. The fourth-order valence-corrected chi connectivity index (χ4v) is 1.98. The van der Waals surface area contributed by atoms with E-state index in [9.17, 15) is 9.59 Å². The van der Waals surface area contributed by atoms with Gasteiger partial charge in [0.25, 0.3) is 0 Å². The van der Waals surface area contributed by atoms with Crippen molar-refractivity contribution in [1.82, 2.24) is 10.2 Å². The molecule has 1 aromatic carbocycles. The highest BCUT2D eigenvalue weighted by Crippen LogP contribution is 2.06. The van der Waals surface area contributed by atoms with Crippen molar-refractivity contribution in [2.45, 2.75) is 33.2 Å². The summed E-state index contributed by atoms with van der Waals surface area (Å²) in [5.74, 6) is -0.219. The molecule has 0 aliphatic rings. The molecule has 1 rings (SSSR count). The number of carbonyl (C=O) groups is 2. The Balaban J connectivity index is 2.53. The number of anilines is 1. The van der Waals surface area contributed by atoms with Gasteiger partial charge in [0.2, 0.25) is 11.8 Å². The van der Waals surface area contributed by atoms with Gasteiger partial charge in [-0.15, -0.1) is 0 Å². The normalized spacial score (nSPS) is 11.8. The summed E-state index contributed by atoms with van der Waals surface area (Å²) in [6.07, 6.45) is 0.246. The van der Waals surface area contributed by atoms with E-state index in [4.69, 9.17) is 5.73 Å². The summed E-state index contributed by atoms with van der Waals surface area (Å²) in [6, 6.07) is 6.63. The highest BCUT2D eigenvalue weighted by atomic mass is 16.2. The number of hydrogen-bond donors (Lipinski definition) is 2. The van der Waals surface area contributed by atoms with E-state index >= 15 is 0 Å². The van der Waals surface area contributed by atoms with Crippen LogP contribution in [-0.2, 0) is 16.0 Å². The van der Waals surface area contributed by atoms with E-state index in [-0.39, 0.29) is 18.2 Å². The Morgan fingerprint density at radius 1 is 1.20 bits per heavy atom. The molecule has 0 bridgehead atoms. The Labute approximate surface area is 120 Å². The van der Waals surface area contributed by atoms with E-state index < -0.39 is 6.04 Å². The predicted octanol–water partition coefficient (Wildman–Crippen LogP) is 1.18. The molecule has 0 heterocycles. The summed E-state index contributed by atoms with van der Waals surface area (Å²) in [4.78, 5) is 25.6. The number of nitrogens with zero attached hydrogens (tertiary/aromatic N) is 1. The molecule has 0 radical (unpaired) electrons. The van der Waals surface area contributed by atoms with Crippen LogP contribution in [0.3, 0.4) is 0 Å². The molecule has 3 N–H and O–H groups in total. The molecule has 1 atom stereocenters. The Hall–Kier alpha value is -2.04. The van der Waals surface area contributed by atoms with Gasteiger partial charge in [-0.25, -0.2) is 0 Å². The summed E-state index contributed by atoms with van der Waals surface area (Å²) < 4.78 is 0. The maximum Gasteiger partial charge on any atom is 0.244 e. The second-order valence-corrected chi connectivity index (χ2v) is 4.72. The second kappa shape index (κ2) is 7.53. The largest absolute Gasteiger partial charge is 0.399 e. The van der Waals surface area contributed by atoms with Crippen LogP contribution in [0.25, 0.3) is 0 Å². The molecule has 110 valence electrons. The van der Waals surface area contributed by atoms with Crippen molar-refractivity contribution in [1.29, 1.82) is 0 Å². The molecule has 0 aliphatic carbocycles. The fourth-order valence-electron chi connectivity index (χ4n) is 1.98. The summed E-state index contributed by atoms with van der Waals surface area (Å²) in [5, 5.41) is 2.73. The van der Waals surface area contributed by atoms with E-state index in [1.807, 2.05) is 26.0 Å². The van der Waals surface area contributed by atoms with E-state index in [0.29, 0.717) is 18.8 Å². The van der Waals surface area contributed by atoms with Gasteiger partial charge in [0.05, 0.1) is 6.42 Å². The summed E-state index contributed by atoms with van der Waals surface area (Å²) >= 11 is 0. The van der Waals surface area contributed by atoms with Crippen LogP contribution in [0.2, 0.25) is 0 Å². The minimum absolute atomic E-state index is 0.0549. The number of nitrogens with one attached hydrogen (secondary N) is 1. The first-order valence-corrected chi connectivity index (χ1v) is 6.90. The quantitative estimate of drug-likeness (QED) is 0.767. The average molecular weight is 277 g/mol. The molecule has 0 spiro atoms. The van der Waals surface area contributed by atoms with Gasteiger partial charge in [-0.1, -0.05) is 12.1 Å². The molecule has 20 heavy (non-hydrogen) atoms. The van der Waals surface area contributed by atoms with Gasteiger partial charge in [0.1, 0.15) is 6.04 Å². The molecule has 1 aromatic rings. The SMILES string of the molecule is CCN(CC)C(=O)C(C)NC(=O)Cc1ccc(N)cc1. The van der Waals surface area contributed by atoms with E-state index in [0.717, 1.165) is 5.56 Å². The van der Waals surface area contributed by atoms with Crippen molar-refractivity contribution < 1.29 is 9.59 Å². The topological polar surface area (TPSA) is 75.4 Å². The third-order valence-corrected chi connectivity index (χ3v) is 3.17. The van der Waals surface area contributed by atoms with Gasteiger partial charge in [0, 0.05) is 18.8 Å². The number of amides is 2. The zero-order chi connectivity index (χ0) is 15.1. The van der Waals surface area contributed by atoms with Crippen LogP contribution >= 0.6 is 0 Å². The molecule has 1 unspecified atom stereocenters. The van der Waals surface area contributed by atoms with Crippen molar-refractivity contribution in [3.63, 3.8) is 0 Å². The minimum Gasteiger partial charge on any atom is -0.399 e. The molecular weight excluding hydrogens is 254 g/mol. The van der Waals surface area contributed by atoms with Gasteiger partial charge in [-0.2, -0.15) is 0 Å². The number of hydrogen-bond acceptors (Lipinski definition) is 3. The van der Waals surface area contributed by atoms with E-state index in [2.05, 4.69) is 5.32 Å². The number of nitrogen functional groups attached to an aromatic ring is 1. The second-order valence-electron chi connectivity index (χ2n) is 4.72. The molecule has 5 nitrogen and oxygen atoms in total. The smallest absolute Gasteiger partial charge is 0.244 e. The predicted molar refractivity (Wildman–Crippen MR) is 80.1 cm³/mol. The van der Waals surface area contributed by atoms with Crippen LogP contribution in [0.4, 0.5) is 5.69 Å². The highest BCUT2D eigenvalue weighted by Gasteiger charge is 2.19. The Morgan fingerprint density at radius 3 is 2.25 bits per heavy atom. The first-order valence-electron chi connectivity index (χ1n) is 6.90. The minimum atomic E-state index is -0.504. The van der Waals surface area contributed by atoms with Crippen molar-refractivity contribution >= 4 is 17.5 Å². The Bertz CT molecular complexity index is 453. The first-order chi connectivity index (χ1) is 9.47. The third kappa shape index (κ3) is 4.57. The number of benzene rings is 1. The van der Waals surface area contributed by atoms with Crippen molar-refractivity contribution in [2.24, 2.45) is 0 Å². The number of nitrogens with two attached hydrogens (primary N) is 1. The van der Waals surface area contributed by atoms with Gasteiger partial charge in [-0.3, -0.25) is 9.59 Å². The summed E-state index contributed by atoms with van der Waals surface area (Å²) in [6.45, 7) is 6.84. The van der Waals surface area contributed by atoms with Gasteiger partial charge < -0.3 is 16.0 Å². The monoisotopic (exact) mass is 277 g/mol. The Morgan fingerprint density at radius 2 is 1.75 bits per heavy atom. The van der Waals surface area contributed by atoms with Gasteiger partial charge in [-0.05, 0) is 38.5 Å². The van der Waals surface area contributed by atoms with Crippen LogP contribution in [-0.4, -0.2) is 35.8 Å². The first kappa shape index (κ1) is 16.0. The van der Waals surface area contributed by atoms with Crippen LogP contribution in [0.1, 0.15) is 26.3 Å². The van der Waals surface area contributed by atoms with Crippen LogP contribution in [0.15, 0.2) is 24.3 Å². The van der Waals surface area contributed by atoms with Crippen molar-refractivity contribution in [3.05, 3.63) is 29.8 Å². The standard InChI is InChI=1S/C15H23N3O2/c1-4-18(5-2)15(20)11(3)17-14(19)10-12-6-8-13(16)9-7-12/h6-9,11H,4-5,10,16H2,1-3H3,(H,17,19). The maximum atomic E-state index is 12.0. The van der Waals surface area contributed by atoms with E-state index in [1.165, 1.54) is 0 Å². The van der Waals surface area contributed by atoms with Crippen molar-refractivity contribution in [3.8, 4) is 0 Å². The number of likely N-dealkylation sites (N-methyl/N-ethyl adjacent to an activating group) is 1. The van der Waals surface area contributed by atoms with E-state index in [1.54, 1.807) is 24.0 Å². The van der Waals surface area contributed by atoms with Crippen LogP contribution in [0, 0.1) is 0 Å². The molecule has 2 amide bonds. The lowest BCUT2D eigenvalue weighted by molar-refractivity contribution is -0.135. The third-order valence-electron chi connectivity index (χ3n) is 3.17. The zero-order valence-electron chi connectivity index (χ0n) is 12.3. The van der Waals surface area contributed by atoms with Gasteiger partial charge in [0.15, 0.2) is 0 Å². The van der Waals surface area contributed by atoms with Crippen LogP contribution < -0.4 is 11.1 Å². The zero-order valence-corrected chi connectivity index (χ0v) is 12.3. The molecule has 0 aromatic heterocycles. The lowest BCUT2D eigenvalue weighted by atomic mass is 10.1. The molecule has 0 fully saturated rings. The fraction of sp³-hybridized carbons (Fsp3) is 0.467. The lowest BCUT2D eigenvalue weighted by Crippen LogP contribution is -2.47. The average Bonchev–Trinajstić information content (AvgIpc) is 2.42. The molecule has 0 saturated heterocycles. The lowest BCUT2D eigenvalue weighted by Gasteiger charge is -2.23. The van der Waals surface area contributed by atoms with Crippen molar-refractivity contribution in [2.75, 3.05) is 18.8 Å². The molecule has 0 saturated carbocycles. The number of rotatable bonds is 6. The Kier molecular flexibility index (Phi) is 6.03. The summed E-state index contributed by atoms with van der Waals surface area (Å²) in [7, 11) is 0. The van der Waals surface area contributed by atoms with Crippen LogP contribution in [0.5, 0.6) is 0 Å².